The van der Waals surface area contributed by atoms with Gasteiger partial charge in [0.15, 0.2) is 0 Å². The number of anilines is 1. The van der Waals surface area contributed by atoms with E-state index in [9.17, 15) is 17.6 Å². The predicted molar refractivity (Wildman–Crippen MR) is 102 cm³/mol. The molecular weight excluding hydrogens is 375 g/mol. The predicted octanol–water partition coefficient (Wildman–Crippen LogP) is 3.59. The summed E-state index contributed by atoms with van der Waals surface area (Å²) in [6.45, 7) is 4.28. The Labute approximate surface area is 157 Å². The average Bonchev–Trinajstić information content (AvgIpc) is 2.62. The van der Waals surface area contributed by atoms with Gasteiger partial charge in [-0.25, -0.2) is 12.8 Å². The van der Waals surface area contributed by atoms with Gasteiger partial charge in [0.2, 0.25) is 15.9 Å². The second-order valence-electron chi connectivity index (χ2n) is 5.38. The van der Waals surface area contributed by atoms with Crippen molar-refractivity contribution in [3.8, 4) is 0 Å². The normalized spacial score (nSPS) is 11.5. The van der Waals surface area contributed by atoms with Crippen LogP contribution in [0.25, 0.3) is 0 Å². The quantitative estimate of drug-likeness (QED) is 0.693. The molecule has 140 valence electrons. The lowest BCUT2D eigenvalue weighted by Crippen LogP contribution is -2.30. The van der Waals surface area contributed by atoms with E-state index >= 15 is 0 Å². The molecule has 0 heterocycles. The molecule has 0 aliphatic heterocycles. The van der Waals surface area contributed by atoms with Gasteiger partial charge >= 0.3 is 0 Å². The highest BCUT2D eigenvalue weighted by Gasteiger charge is 2.21. The molecule has 0 aliphatic carbocycles. The van der Waals surface area contributed by atoms with Crippen LogP contribution in [0.4, 0.5) is 10.1 Å². The summed E-state index contributed by atoms with van der Waals surface area (Å²) in [4.78, 5) is 12.6. The van der Waals surface area contributed by atoms with E-state index < -0.39 is 10.0 Å². The van der Waals surface area contributed by atoms with Gasteiger partial charge in [-0.2, -0.15) is 4.31 Å². The Morgan fingerprint density at radius 3 is 2.46 bits per heavy atom. The molecule has 0 atom stereocenters. The fraction of sp³-hybridized carbons (Fsp3) is 0.278. The lowest BCUT2D eigenvalue weighted by atomic mass is 10.3. The zero-order chi connectivity index (χ0) is 19.2. The number of nitrogens with one attached hydrogen (secondary N) is 1. The number of nitrogens with zero attached hydrogens (tertiary/aromatic N) is 1. The molecule has 2 aromatic carbocycles. The van der Waals surface area contributed by atoms with Crippen LogP contribution in [0.5, 0.6) is 0 Å². The molecule has 1 amide bonds. The number of thioether (sulfide) groups is 1. The van der Waals surface area contributed by atoms with Crippen molar-refractivity contribution < 1.29 is 17.6 Å². The number of carbonyl (C=O) groups excluding carboxylic acids is 1. The summed E-state index contributed by atoms with van der Waals surface area (Å²) in [6, 6.07) is 12.3. The molecule has 0 radical (unpaired) electrons. The monoisotopic (exact) mass is 396 g/mol. The van der Waals surface area contributed by atoms with E-state index in [1.807, 2.05) is 0 Å². The third-order valence-electron chi connectivity index (χ3n) is 3.66. The Morgan fingerprint density at radius 1 is 1.12 bits per heavy atom. The van der Waals surface area contributed by atoms with E-state index in [1.54, 1.807) is 44.2 Å². The fourth-order valence-electron chi connectivity index (χ4n) is 2.35. The van der Waals surface area contributed by atoms with E-state index in [0.717, 1.165) is 11.8 Å². The number of sulfonamides is 1. The van der Waals surface area contributed by atoms with Crippen molar-refractivity contribution in [2.45, 2.75) is 23.6 Å². The molecule has 0 unspecified atom stereocenters. The number of hydrogen-bond acceptors (Lipinski definition) is 4. The highest BCUT2D eigenvalue weighted by molar-refractivity contribution is 8.00. The van der Waals surface area contributed by atoms with Gasteiger partial charge in [0, 0.05) is 23.7 Å². The Balaban J connectivity index is 2.06. The molecular formula is C18H21FN2O3S2. The maximum absolute atomic E-state index is 13.6. The lowest BCUT2D eigenvalue weighted by molar-refractivity contribution is -0.113. The molecule has 0 bridgehead atoms. The van der Waals surface area contributed by atoms with Crippen LogP contribution in [-0.4, -0.2) is 37.5 Å². The van der Waals surface area contributed by atoms with Gasteiger partial charge < -0.3 is 5.32 Å². The van der Waals surface area contributed by atoms with Gasteiger partial charge in [-0.05, 0) is 30.3 Å². The van der Waals surface area contributed by atoms with Gasteiger partial charge in [-0.3, -0.25) is 4.79 Å². The number of carbonyl (C=O) groups is 1. The molecule has 0 saturated carbocycles. The minimum atomic E-state index is -3.59. The van der Waals surface area contributed by atoms with Crippen LogP contribution in [0.1, 0.15) is 13.8 Å². The zero-order valence-corrected chi connectivity index (χ0v) is 16.2. The van der Waals surface area contributed by atoms with Crippen LogP contribution in [0, 0.1) is 5.82 Å². The summed E-state index contributed by atoms with van der Waals surface area (Å²) >= 11 is 1.08. The van der Waals surface area contributed by atoms with Crippen LogP contribution in [0.2, 0.25) is 0 Å². The first-order valence-electron chi connectivity index (χ1n) is 8.15. The van der Waals surface area contributed by atoms with Crippen LogP contribution in [-0.2, 0) is 14.8 Å². The van der Waals surface area contributed by atoms with Crippen molar-refractivity contribution in [3.05, 3.63) is 54.3 Å². The third-order valence-corrected chi connectivity index (χ3v) is 6.75. The summed E-state index contributed by atoms with van der Waals surface area (Å²) < 4.78 is 40.0. The molecule has 5 nitrogen and oxygen atoms in total. The highest BCUT2D eigenvalue weighted by Crippen LogP contribution is 2.22. The first kappa shape index (κ1) is 20.4. The van der Waals surface area contributed by atoms with Crippen molar-refractivity contribution in [2.75, 3.05) is 24.2 Å². The fourth-order valence-corrected chi connectivity index (χ4v) is 4.59. The molecule has 1 N–H and O–H groups in total. The Bertz CT molecular complexity index is 868. The lowest BCUT2D eigenvalue weighted by Gasteiger charge is -2.18. The Kier molecular flexibility index (Phi) is 7.19. The molecule has 0 aromatic heterocycles. The minimum Gasteiger partial charge on any atom is -0.325 e. The molecule has 0 fully saturated rings. The second kappa shape index (κ2) is 9.16. The van der Waals surface area contributed by atoms with Gasteiger partial charge in [0.1, 0.15) is 5.82 Å². The Hall–Kier alpha value is -1.90. The van der Waals surface area contributed by atoms with E-state index in [1.165, 1.54) is 22.5 Å². The number of amides is 1. The molecule has 8 heteroatoms. The van der Waals surface area contributed by atoms with Gasteiger partial charge in [0.25, 0.3) is 0 Å². The second-order valence-corrected chi connectivity index (χ2v) is 8.34. The van der Waals surface area contributed by atoms with Crippen LogP contribution >= 0.6 is 11.8 Å². The van der Waals surface area contributed by atoms with Gasteiger partial charge in [-0.15, -0.1) is 11.8 Å². The van der Waals surface area contributed by atoms with E-state index in [-0.39, 0.29) is 22.4 Å². The highest BCUT2D eigenvalue weighted by atomic mass is 32.2. The summed E-state index contributed by atoms with van der Waals surface area (Å²) in [5.41, 5.74) is 0.386. The third kappa shape index (κ3) is 5.06. The van der Waals surface area contributed by atoms with Gasteiger partial charge in [0.05, 0.1) is 10.6 Å². The molecule has 0 spiro atoms. The summed E-state index contributed by atoms with van der Waals surface area (Å²) in [7, 11) is -3.59. The topological polar surface area (TPSA) is 66.5 Å². The summed E-state index contributed by atoms with van der Waals surface area (Å²) in [5.74, 6) is -0.693. The maximum Gasteiger partial charge on any atom is 0.243 e. The van der Waals surface area contributed by atoms with Crippen LogP contribution in [0.3, 0.4) is 0 Å². The first-order chi connectivity index (χ1) is 12.4. The van der Waals surface area contributed by atoms with Crippen molar-refractivity contribution >= 4 is 33.4 Å². The van der Waals surface area contributed by atoms with Gasteiger partial charge in [-0.1, -0.05) is 32.0 Å². The molecule has 0 aliphatic rings. The standard InChI is InChI=1S/C18H21FN2O3S2/c1-3-21(4-2)26(23,24)15-9-7-8-14(12-15)20-18(22)13-25-17-11-6-5-10-16(17)19/h5-12H,3-4,13H2,1-2H3,(H,20,22). The first-order valence-corrected chi connectivity index (χ1v) is 10.6. The average molecular weight is 397 g/mol. The number of rotatable bonds is 8. The van der Waals surface area contributed by atoms with Crippen LogP contribution in [0.15, 0.2) is 58.3 Å². The van der Waals surface area contributed by atoms with E-state index in [0.29, 0.717) is 23.7 Å². The number of halogens is 1. The Morgan fingerprint density at radius 2 is 1.81 bits per heavy atom. The van der Waals surface area contributed by atoms with E-state index in [2.05, 4.69) is 5.32 Å². The smallest absolute Gasteiger partial charge is 0.243 e. The minimum absolute atomic E-state index is 0.0218. The zero-order valence-electron chi connectivity index (χ0n) is 14.6. The SMILES string of the molecule is CCN(CC)S(=O)(=O)c1cccc(NC(=O)CSc2ccccc2F)c1. The van der Waals surface area contributed by atoms with Crippen molar-refractivity contribution in [2.24, 2.45) is 0 Å². The van der Waals surface area contributed by atoms with Crippen molar-refractivity contribution in [1.82, 2.24) is 4.31 Å². The number of hydrogen-bond donors (Lipinski definition) is 1. The summed E-state index contributed by atoms with van der Waals surface area (Å²) in [6.07, 6.45) is 0. The van der Waals surface area contributed by atoms with Crippen LogP contribution < -0.4 is 5.32 Å². The summed E-state index contributed by atoms with van der Waals surface area (Å²) in [5, 5.41) is 2.65. The van der Waals surface area contributed by atoms with Crippen molar-refractivity contribution in [1.29, 1.82) is 0 Å². The molecule has 26 heavy (non-hydrogen) atoms. The van der Waals surface area contributed by atoms with Crippen molar-refractivity contribution in [3.63, 3.8) is 0 Å². The largest absolute Gasteiger partial charge is 0.325 e. The maximum atomic E-state index is 13.6. The molecule has 2 rings (SSSR count). The number of benzene rings is 2. The molecule has 2 aromatic rings. The molecule has 0 saturated heterocycles. The van der Waals surface area contributed by atoms with E-state index in [4.69, 9.17) is 0 Å².